The van der Waals surface area contributed by atoms with Crippen molar-refractivity contribution in [3.05, 3.63) is 34.1 Å². The molecule has 0 saturated carbocycles. The average molecular weight is 357 g/mol. The van der Waals surface area contributed by atoms with Crippen molar-refractivity contribution in [1.82, 2.24) is 10.2 Å². The summed E-state index contributed by atoms with van der Waals surface area (Å²) in [5.74, 6) is 0.543. The van der Waals surface area contributed by atoms with E-state index in [4.69, 9.17) is 0 Å². The summed E-state index contributed by atoms with van der Waals surface area (Å²) >= 11 is 3.30. The zero-order valence-electron chi connectivity index (χ0n) is 13.0. The molecule has 1 aromatic rings. The first-order valence-electron chi connectivity index (χ1n) is 8.01. The molecule has 0 aromatic heterocycles. The summed E-state index contributed by atoms with van der Waals surface area (Å²) in [4.78, 5) is 2.54. The summed E-state index contributed by atoms with van der Waals surface area (Å²) in [5, 5.41) is 3.49. The molecule has 2 unspecified atom stereocenters. The number of hydrogen-bond donors (Lipinski definition) is 1. The van der Waals surface area contributed by atoms with Crippen LogP contribution in [0.5, 0.6) is 0 Å². The van der Waals surface area contributed by atoms with Crippen LogP contribution in [-0.4, -0.2) is 31.1 Å². The molecule has 1 aromatic carbocycles. The summed E-state index contributed by atoms with van der Waals surface area (Å²) in [7, 11) is 0. The van der Waals surface area contributed by atoms with Crippen LogP contribution in [-0.2, 0) is 0 Å². The smallest absolute Gasteiger partial charge is 0.137 e. The predicted molar refractivity (Wildman–Crippen MR) is 90.0 cm³/mol. The van der Waals surface area contributed by atoms with Crippen molar-refractivity contribution in [2.45, 2.75) is 39.2 Å². The second-order valence-corrected chi connectivity index (χ2v) is 6.91. The standard InChI is InChI=1S/C17H26BrFN2/c1-3-9-21(12-14-5-4-8-20-11-14)13(2)15-6-7-17(19)16(18)10-15/h6-7,10,13-14,20H,3-5,8-9,11-12H2,1-2H3. The first-order valence-corrected chi connectivity index (χ1v) is 8.80. The van der Waals surface area contributed by atoms with Crippen molar-refractivity contribution in [2.24, 2.45) is 5.92 Å². The third-order valence-electron chi connectivity index (χ3n) is 4.38. The van der Waals surface area contributed by atoms with Gasteiger partial charge in [-0.1, -0.05) is 13.0 Å². The molecule has 2 nitrogen and oxygen atoms in total. The number of benzene rings is 1. The normalized spacial score (nSPS) is 20.7. The van der Waals surface area contributed by atoms with Gasteiger partial charge in [-0.25, -0.2) is 4.39 Å². The third kappa shape index (κ3) is 4.76. The fraction of sp³-hybridized carbons (Fsp3) is 0.647. The first kappa shape index (κ1) is 16.9. The summed E-state index contributed by atoms with van der Waals surface area (Å²) in [6.07, 6.45) is 3.74. The quantitative estimate of drug-likeness (QED) is 0.814. The molecule has 1 saturated heterocycles. The van der Waals surface area contributed by atoms with E-state index in [0.29, 0.717) is 10.5 Å². The average Bonchev–Trinajstić information content (AvgIpc) is 2.50. The lowest BCUT2D eigenvalue weighted by atomic mass is 9.97. The maximum atomic E-state index is 13.4. The summed E-state index contributed by atoms with van der Waals surface area (Å²) < 4.78 is 14.0. The number of rotatable bonds is 6. The Hall–Kier alpha value is -0.450. The van der Waals surface area contributed by atoms with Crippen molar-refractivity contribution < 1.29 is 4.39 Å². The number of nitrogens with one attached hydrogen (secondary N) is 1. The highest BCUT2D eigenvalue weighted by atomic mass is 79.9. The Bertz CT molecular complexity index is 446. The molecule has 2 atom stereocenters. The minimum Gasteiger partial charge on any atom is -0.316 e. The molecule has 1 N–H and O–H groups in total. The Morgan fingerprint density at radius 2 is 2.29 bits per heavy atom. The van der Waals surface area contributed by atoms with E-state index >= 15 is 0 Å². The predicted octanol–water partition coefficient (Wildman–Crippen LogP) is 4.36. The van der Waals surface area contributed by atoms with E-state index in [-0.39, 0.29) is 5.82 Å². The molecule has 1 aliphatic heterocycles. The van der Waals surface area contributed by atoms with Crippen LogP contribution in [0.15, 0.2) is 22.7 Å². The second kappa shape index (κ2) is 8.25. The van der Waals surface area contributed by atoms with Crippen LogP contribution in [0.4, 0.5) is 4.39 Å². The van der Waals surface area contributed by atoms with Gasteiger partial charge in [0.25, 0.3) is 0 Å². The van der Waals surface area contributed by atoms with E-state index in [1.54, 1.807) is 6.07 Å². The fourth-order valence-electron chi connectivity index (χ4n) is 3.12. The molecule has 21 heavy (non-hydrogen) atoms. The molecule has 118 valence electrons. The summed E-state index contributed by atoms with van der Waals surface area (Å²) in [5.41, 5.74) is 1.18. The van der Waals surface area contributed by atoms with Crippen molar-refractivity contribution in [3.63, 3.8) is 0 Å². The molecular formula is C17H26BrFN2. The Morgan fingerprint density at radius 3 is 2.90 bits per heavy atom. The van der Waals surface area contributed by atoms with Gasteiger partial charge in [0.15, 0.2) is 0 Å². The topological polar surface area (TPSA) is 15.3 Å². The van der Waals surface area contributed by atoms with Gasteiger partial charge in [0.05, 0.1) is 4.47 Å². The van der Waals surface area contributed by atoms with Crippen molar-refractivity contribution in [3.8, 4) is 0 Å². The van der Waals surface area contributed by atoms with Crippen LogP contribution in [0.2, 0.25) is 0 Å². The number of piperidine rings is 1. The maximum absolute atomic E-state index is 13.4. The van der Waals surface area contributed by atoms with Gasteiger partial charge in [0, 0.05) is 12.6 Å². The lowest BCUT2D eigenvalue weighted by Crippen LogP contribution is -2.39. The zero-order chi connectivity index (χ0) is 15.2. The lowest BCUT2D eigenvalue weighted by Gasteiger charge is -2.34. The van der Waals surface area contributed by atoms with Crippen molar-refractivity contribution in [2.75, 3.05) is 26.2 Å². The van der Waals surface area contributed by atoms with E-state index in [9.17, 15) is 4.39 Å². The number of halogens is 2. The van der Waals surface area contributed by atoms with Crippen LogP contribution in [0, 0.1) is 11.7 Å². The molecule has 0 radical (unpaired) electrons. The lowest BCUT2D eigenvalue weighted by molar-refractivity contribution is 0.163. The highest BCUT2D eigenvalue weighted by Crippen LogP contribution is 2.27. The van der Waals surface area contributed by atoms with Gasteiger partial charge in [-0.15, -0.1) is 0 Å². The Balaban J connectivity index is 2.06. The molecule has 0 amide bonds. The van der Waals surface area contributed by atoms with Gasteiger partial charge in [0.1, 0.15) is 5.82 Å². The zero-order valence-corrected chi connectivity index (χ0v) is 14.6. The maximum Gasteiger partial charge on any atom is 0.137 e. The minimum atomic E-state index is -0.190. The van der Waals surface area contributed by atoms with E-state index in [1.165, 1.54) is 18.4 Å². The van der Waals surface area contributed by atoms with Crippen LogP contribution >= 0.6 is 15.9 Å². The van der Waals surface area contributed by atoms with Gasteiger partial charge in [-0.2, -0.15) is 0 Å². The molecule has 0 aliphatic carbocycles. The SMILES string of the molecule is CCCN(CC1CCCNC1)C(C)c1ccc(F)c(Br)c1. The summed E-state index contributed by atoms with van der Waals surface area (Å²) in [6, 6.07) is 5.71. The summed E-state index contributed by atoms with van der Waals surface area (Å²) in [6.45, 7) is 8.94. The number of hydrogen-bond acceptors (Lipinski definition) is 2. The molecule has 1 fully saturated rings. The Labute approximate surface area is 136 Å². The van der Waals surface area contributed by atoms with Crippen molar-refractivity contribution in [1.29, 1.82) is 0 Å². The molecule has 1 heterocycles. The van der Waals surface area contributed by atoms with Gasteiger partial charge in [-0.3, -0.25) is 4.90 Å². The van der Waals surface area contributed by atoms with E-state index in [2.05, 4.69) is 40.0 Å². The monoisotopic (exact) mass is 356 g/mol. The van der Waals surface area contributed by atoms with Crippen LogP contribution < -0.4 is 5.32 Å². The van der Waals surface area contributed by atoms with Gasteiger partial charge >= 0.3 is 0 Å². The molecule has 4 heteroatoms. The third-order valence-corrected chi connectivity index (χ3v) is 4.98. The Morgan fingerprint density at radius 1 is 1.48 bits per heavy atom. The second-order valence-electron chi connectivity index (χ2n) is 6.06. The highest BCUT2D eigenvalue weighted by molar-refractivity contribution is 9.10. The largest absolute Gasteiger partial charge is 0.316 e. The van der Waals surface area contributed by atoms with Gasteiger partial charge in [-0.05, 0) is 85.4 Å². The van der Waals surface area contributed by atoms with E-state index < -0.39 is 0 Å². The van der Waals surface area contributed by atoms with E-state index in [1.807, 2.05) is 12.1 Å². The number of nitrogens with zero attached hydrogens (tertiary/aromatic N) is 1. The van der Waals surface area contributed by atoms with E-state index in [0.717, 1.165) is 38.5 Å². The van der Waals surface area contributed by atoms with Gasteiger partial charge < -0.3 is 5.32 Å². The van der Waals surface area contributed by atoms with Crippen molar-refractivity contribution >= 4 is 15.9 Å². The molecule has 0 spiro atoms. The minimum absolute atomic E-state index is 0.190. The van der Waals surface area contributed by atoms with Crippen LogP contribution in [0.3, 0.4) is 0 Å². The molecular weight excluding hydrogens is 331 g/mol. The Kier molecular flexibility index (Phi) is 6.65. The molecule has 2 rings (SSSR count). The van der Waals surface area contributed by atoms with Gasteiger partial charge in [0.2, 0.25) is 0 Å². The van der Waals surface area contributed by atoms with Crippen LogP contribution in [0.25, 0.3) is 0 Å². The molecule has 1 aliphatic rings. The fourth-order valence-corrected chi connectivity index (χ4v) is 3.52. The highest BCUT2D eigenvalue weighted by Gasteiger charge is 2.21. The first-order chi connectivity index (χ1) is 10.1. The molecule has 0 bridgehead atoms. The van der Waals surface area contributed by atoms with Crippen LogP contribution in [0.1, 0.15) is 44.7 Å².